The van der Waals surface area contributed by atoms with Crippen molar-refractivity contribution in [2.75, 3.05) is 11.6 Å². The summed E-state index contributed by atoms with van der Waals surface area (Å²) >= 11 is 1.80. The molecule has 0 aromatic heterocycles. The Bertz CT molecular complexity index is 356. The summed E-state index contributed by atoms with van der Waals surface area (Å²) in [5, 5.41) is 3.71. The van der Waals surface area contributed by atoms with Crippen molar-refractivity contribution in [2.24, 2.45) is 5.41 Å². The fraction of sp³-hybridized carbons (Fsp3) is 0.600. The smallest absolute Gasteiger partial charge is 0.0343 e. The van der Waals surface area contributed by atoms with Crippen molar-refractivity contribution in [1.29, 1.82) is 0 Å². The molecule has 1 fully saturated rings. The lowest BCUT2D eigenvalue weighted by molar-refractivity contribution is 0.217. The summed E-state index contributed by atoms with van der Waals surface area (Å²) in [6, 6.07) is 9.43. The van der Waals surface area contributed by atoms with Crippen LogP contribution in [0.5, 0.6) is 0 Å². The van der Waals surface area contributed by atoms with Gasteiger partial charge in [0.1, 0.15) is 0 Å². The predicted molar refractivity (Wildman–Crippen MR) is 77.9 cm³/mol. The van der Waals surface area contributed by atoms with E-state index in [1.54, 1.807) is 11.8 Å². The first-order chi connectivity index (χ1) is 8.12. The Kier molecular flexibility index (Phi) is 4.03. The van der Waals surface area contributed by atoms with Crippen LogP contribution in [-0.4, -0.2) is 12.3 Å². The Morgan fingerprint density at radius 2 is 1.88 bits per heavy atom. The van der Waals surface area contributed by atoms with Gasteiger partial charge >= 0.3 is 0 Å². The van der Waals surface area contributed by atoms with Gasteiger partial charge in [-0.2, -0.15) is 0 Å². The molecule has 0 radical (unpaired) electrons. The third-order valence-electron chi connectivity index (χ3n) is 3.94. The highest BCUT2D eigenvalue weighted by atomic mass is 32.2. The second kappa shape index (κ2) is 5.34. The van der Waals surface area contributed by atoms with Crippen LogP contribution in [0.1, 0.15) is 39.5 Å². The zero-order chi connectivity index (χ0) is 12.3. The average molecular weight is 249 g/mol. The van der Waals surface area contributed by atoms with Crippen molar-refractivity contribution in [3.05, 3.63) is 24.3 Å². The fourth-order valence-electron chi connectivity index (χ4n) is 2.65. The van der Waals surface area contributed by atoms with Crippen LogP contribution in [0.3, 0.4) is 0 Å². The molecule has 1 aliphatic rings. The summed E-state index contributed by atoms with van der Waals surface area (Å²) in [5.41, 5.74) is 1.69. The summed E-state index contributed by atoms with van der Waals surface area (Å²) in [5.74, 6) is 0. The van der Waals surface area contributed by atoms with Gasteiger partial charge in [-0.05, 0) is 48.8 Å². The summed E-state index contributed by atoms with van der Waals surface area (Å²) in [6.07, 6.45) is 7.51. The van der Waals surface area contributed by atoms with Crippen LogP contribution in [0.25, 0.3) is 0 Å². The third-order valence-corrected chi connectivity index (χ3v) is 4.68. The van der Waals surface area contributed by atoms with Gasteiger partial charge in [0.2, 0.25) is 0 Å². The Morgan fingerprint density at radius 3 is 2.47 bits per heavy atom. The number of hydrogen-bond acceptors (Lipinski definition) is 2. The van der Waals surface area contributed by atoms with E-state index < -0.39 is 0 Å². The minimum atomic E-state index is 0.427. The predicted octanol–water partition coefficient (Wildman–Crippen LogP) is 4.79. The van der Waals surface area contributed by atoms with Crippen LogP contribution in [0.15, 0.2) is 29.2 Å². The van der Waals surface area contributed by atoms with Crippen molar-refractivity contribution < 1.29 is 0 Å². The van der Waals surface area contributed by atoms with Gasteiger partial charge in [-0.1, -0.05) is 26.7 Å². The largest absolute Gasteiger partial charge is 0.382 e. The zero-order valence-corrected chi connectivity index (χ0v) is 11.9. The summed E-state index contributed by atoms with van der Waals surface area (Å²) in [4.78, 5) is 1.33. The number of benzene rings is 1. The molecule has 1 aliphatic carbocycles. The van der Waals surface area contributed by atoms with E-state index in [2.05, 4.69) is 49.7 Å². The van der Waals surface area contributed by atoms with E-state index >= 15 is 0 Å². The molecule has 0 amide bonds. The van der Waals surface area contributed by atoms with Gasteiger partial charge in [-0.25, -0.2) is 0 Å². The topological polar surface area (TPSA) is 12.0 Å². The van der Waals surface area contributed by atoms with E-state index in [-0.39, 0.29) is 0 Å². The van der Waals surface area contributed by atoms with Gasteiger partial charge in [0.15, 0.2) is 0 Å². The normalized spacial score (nSPS) is 23.4. The molecule has 1 nitrogen and oxygen atoms in total. The van der Waals surface area contributed by atoms with Crippen LogP contribution in [-0.2, 0) is 0 Å². The first-order valence-electron chi connectivity index (χ1n) is 6.52. The molecular weight excluding hydrogens is 226 g/mol. The fourth-order valence-corrected chi connectivity index (χ4v) is 3.06. The van der Waals surface area contributed by atoms with Gasteiger partial charge in [-0.3, -0.25) is 0 Å². The van der Waals surface area contributed by atoms with Crippen LogP contribution >= 0.6 is 11.8 Å². The lowest BCUT2D eigenvalue weighted by atomic mass is 9.73. The Morgan fingerprint density at radius 1 is 1.18 bits per heavy atom. The Balaban J connectivity index is 2.03. The maximum atomic E-state index is 3.71. The molecule has 0 bridgehead atoms. The molecule has 2 rings (SSSR count). The van der Waals surface area contributed by atoms with Crippen molar-refractivity contribution in [3.8, 4) is 0 Å². The highest BCUT2D eigenvalue weighted by molar-refractivity contribution is 7.98. The Hall–Kier alpha value is -0.630. The quantitative estimate of drug-likeness (QED) is 0.773. The highest BCUT2D eigenvalue weighted by Gasteiger charge is 2.31. The molecule has 17 heavy (non-hydrogen) atoms. The molecule has 0 saturated heterocycles. The van der Waals surface area contributed by atoms with Gasteiger partial charge in [0, 0.05) is 16.6 Å². The molecule has 0 heterocycles. The first kappa shape index (κ1) is 12.8. The SMILES string of the molecule is CSc1ccc(NC2CCCCC2(C)C)cc1. The van der Waals surface area contributed by atoms with Crippen LogP contribution in [0.2, 0.25) is 0 Å². The number of thioether (sulfide) groups is 1. The van der Waals surface area contributed by atoms with E-state index in [9.17, 15) is 0 Å². The Labute approximate surface area is 109 Å². The van der Waals surface area contributed by atoms with Crippen LogP contribution < -0.4 is 5.32 Å². The van der Waals surface area contributed by atoms with E-state index in [0.29, 0.717) is 11.5 Å². The second-order valence-corrected chi connectivity index (χ2v) is 6.54. The molecule has 1 aromatic rings. The minimum absolute atomic E-state index is 0.427. The zero-order valence-electron chi connectivity index (χ0n) is 11.1. The van der Waals surface area contributed by atoms with Crippen molar-refractivity contribution in [1.82, 2.24) is 0 Å². The van der Waals surface area contributed by atoms with Crippen molar-refractivity contribution >= 4 is 17.4 Å². The van der Waals surface area contributed by atoms with E-state index in [4.69, 9.17) is 0 Å². The molecule has 1 atom stereocenters. The standard InChI is InChI=1S/C15H23NS/c1-15(2)11-5-4-6-14(15)16-12-7-9-13(17-3)10-8-12/h7-10,14,16H,4-6,11H2,1-3H3. The average Bonchev–Trinajstić information content (AvgIpc) is 2.33. The number of anilines is 1. The molecule has 0 spiro atoms. The number of nitrogens with one attached hydrogen (secondary N) is 1. The summed E-state index contributed by atoms with van der Waals surface area (Å²) in [7, 11) is 0. The summed E-state index contributed by atoms with van der Waals surface area (Å²) < 4.78 is 0. The molecular formula is C15H23NS. The van der Waals surface area contributed by atoms with E-state index in [1.807, 2.05) is 0 Å². The van der Waals surface area contributed by atoms with Gasteiger partial charge in [0.05, 0.1) is 0 Å². The first-order valence-corrected chi connectivity index (χ1v) is 7.75. The van der Waals surface area contributed by atoms with Crippen molar-refractivity contribution in [3.63, 3.8) is 0 Å². The molecule has 1 unspecified atom stereocenters. The molecule has 1 N–H and O–H groups in total. The third kappa shape index (κ3) is 3.19. The van der Waals surface area contributed by atoms with Crippen LogP contribution in [0.4, 0.5) is 5.69 Å². The lowest BCUT2D eigenvalue weighted by Crippen LogP contribution is -2.38. The maximum absolute atomic E-state index is 3.71. The van der Waals surface area contributed by atoms with Crippen molar-refractivity contribution in [2.45, 2.75) is 50.5 Å². The maximum Gasteiger partial charge on any atom is 0.0343 e. The van der Waals surface area contributed by atoms with Gasteiger partial charge < -0.3 is 5.32 Å². The highest BCUT2D eigenvalue weighted by Crippen LogP contribution is 2.37. The van der Waals surface area contributed by atoms with E-state index in [1.165, 1.54) is 36.3 Å². The second-order valence-electron chi connectivity index (χ2n) is 5.66. The molecule has 0 aliphatic heterocycles. The van der Waals surface area contributed by atoms with Gasteiger partial charge in [-0.15, -0.1) is 11.8 Å². The lowest BCUT2D eigenvalue weighted by Gasteiger charge is -2.39. The van der Waals surface area contributed by atoms with E-state index in [0.717, 1.165) is 0 Å². The van der Waals surface area contributed by atoms with Gasteiger partial charge in [0.25, 0.3) is 0 Å². The molecule has 1 aromatic carbocycles. The summed E-state index contributed by atoms with van der Waals surface area (Å²) in [6.45, 7) is 4.78. The van der Waals surface area contributed by atoms with Crippen LogP contribution in [0, 0.1) is 5.41 Å². The number of rotatable bonds is 3. The molecule has 94 valence electrons. The molecule has 2 heteroatoms. The number of hydrogen-bond donors (Lipinski definition) is 1. The monoisotopic (exact) mass is 249 g/mol. The minimum Gasteiger partial charge on any atom is -0.382 e. The molecule has 1 saturated carbocycles.